The largest absolute Gasteiger partial charge is 0.504 e. The standard InChI is InChI=1S/C32H40NO7P/c34-25-14-13-24-20-27-32(40-41(36,37)38-19-7-2-1-4-8-22-9-5-3-6-10-22)16-15-26(35)30-31(32,28(24)29(25)39-30)17-18-33(27)21-23-11-12-23/h3,5-6,9-10,13-14,23,27,30,34H,1-2,4,7-8,11-12,15-21H2,(H,36,37). The SMILES string of the molecule is O=C1CCC2(OP(=O)(O)OCCCCCCc3ccccc3)C3Cc4ccc(O)c5c4C2(CCN3CC2CC2)C1O5. The lowest BCUT2D eigenvalue weighted by Gasteiger charge is -2.64. The summed E-state index contributed by atoms with van der Waals surface area (Å²) in [4.78, 5) is 27.0. The maximum atomic E-state index is 13.7. The van der Waals surface area contributed by atoms with Gasteiger partial charge in [0.25, 0.3) is 0 Å². The van der Waals surface area contributed by atoms with Gasteiger partial charge in [-0.2, -0.15) is 0 Å². The van der Waals surface area contributed by atoms with Gasteiger partial charge in [-0.25, -0.2) is 4.57 Å². The number of likely N-dealkylation sites (tertiary alicyclic amines) is 1. The molecule has 220 valence electrons. The van der Waals surface area contributed by atoms with Crippen molar-refractivity contribution >= 4 is 13.6 Å². The molecule has 7 rings (SSSR count). The Balaban J connectivity index is 1.10. The topological polar surface area (TPSA) is 106 Å². The number of carbonyl (C=O) groups excluding carboxylic acids is 1. The van der Waals surface area contributed by atoms with Crippen molar-refractivity contribution in [2.75, 3.05) is 19.7 Å². The Morgan fingerprint density at radius 1 is 1.05 bits per heavy atom. The highest BCUT2D eigenvalue weighted by atomic mass is 31.2. The molecule has 2 bridgehead atoms. The smallest absolute Gasteiger partial charge is 0.472 e. The van der Waals surface area contributed by atoms with Crippen LogP contribution in [0.1, 0.15) is 74.5 Å². The van der Waals surface area contributed by atoms with Crippen molar-refractivity contribution in [1.82, 2.24) is 4.90 Å². The number of hydrogen-bond donors (Lipinski definition) is 2. The van der Waals surface area contributed by atoms with E-state index in [2.05, 4.69) is 29.2 Å². The first-order chi connectivity index (χ1) is 19.8. The Labute approximate surface area is 241 Å². The zero-order chi connectivity index (χ0) is 28.2. The number of phenolic OH excluding ortho intramolecular Hbond substituents is 1. The van der Waals surface area contributed by atoms with E-state index in [4.69, 9.17) is 13.8 Å². The minimum Gasteiger partial charge on any atom is -0.504 e. The van der Waals surface area contributed by atoms with E-state index in [1.165, 1.54) is 18.4 Å². The number of ether oxygens (including phenoxy) is 1. The number of phenols is 1. The number of aryl methyl sites for hydroxylation is 1. The summed E-state index contributed by atoms with van der Waals surface area (Å²) >= 11 is 0. The molecule has 5 aliphatic rings. The monoisotopic (exact) mass is 581 g/mol. The van der Waals surface area contributed by atoms with Gasteiger partial charge in [-0.3, -0.25) is 18.7 Å². The van der Waals surface area contributed by atoms with Gasteiger partial charge in [-0.15, -0.1) is 0 Å². The fraction of sp³-hybridized carbons (Fsp3) is 0.594. The predicted molar refractivity (Wildman–Crippen MR) is 153 cm³/mol. The second kappa shape index (κ2) is 10.5. The number of hydrogen-bond acceptors (Lipinski definition) is 7. The van der Waals surface area contributed by atoms with E-state index in [1.807, 2.05) is 12.1 Å². The Morgan fingerprint density at radius 3 is 2.66 bits per heavy atom. The van der Waals surface area contributed by atoms with Gasteiger partial charge in [-0.1, -0.05) is 49.2 Å². The van der Waals surface area contributed by atoms with Gasteiger partial charge in [0, 0.05) is 24.6 Å². The third-order valence-corrected chi connectivity index (χ3v) is 11.3. The van der Waals surface area contributed by atoms with Crippen LogP contribution in [0, 0.1) is 5.92 Å². The average Bonchev–Trinajstić information content (AvgIpc) is 3.70. The van der Waals surface area contributed by atoms with Crippen LogP contribution in [0.25, 0.3) is 0 Å². The van der Waals surface area contributed by atoms with Crippen molar-refractivity contribution in [3.05, 3.63) is 59.2 Å². The highest BCUT2D eigenvalue weighted by Crippen LogP contribution is 2.69. The molecular formula is C32H40NO7P. The van der Waals surface area contributed by atoms with Crippen LogP contribution in [-0.2, 0) is 36.7 Å². The molecule has 2 aromatic rings. The minimum absolute atomic E-state index is 0.00350. The van der Waals surface area contributed by atoms with Crippen molar-refractivity contribution in [1.29, 1.82) is 0 Å². The molecule has 2 N–H and O–H groups in total. The van der Waals surface area contributed by atoms with Gasteiger partial charge in [0.1, 0.15) is 5.60 Å². The molecule has 3 fully saturated rings. The van der Waals surface area contributed by atoms with E-state index < -0.39 is 24.9 Å². The van der Waals surface area contributed by atoms with Gasteiger partial charge in [0.15, 0.2) is 23.4 Å². The maximum Gasteiger partial charge on any atom is 0.472 e. The Kier molecular flexibility index (Phi) is 7.07. The van der Waals surface area contributed by atoms with Gasteiger partial charge < -0.3 is 14.7 Å². The summed E-state index contributed by atoms with van der Waals surface area (Å²) < 4.78 is 32.0. The highest BCUT2D eigenvalue weighted by molar-refractivity contribution is 7.47. The number of aromatic hydroxyl groups is 1. The van der Waals surface area contributed by atoms with E-state index in [9.17, 15) is 19.4 Å². The van der Waals surface area contributed by atoms with Crippen molar-refractivity contribution in [2.24, 2.45) is 5.92 Å². The molecule has 5 unspecified atom stereocenters. The maximum absolute atomic E-state index is 13.7. The number of rotatable bonds is 12. The molecule has 0 amide bonds. The third kappa shape index (κ3) is 4.67. The Morgan fingerprint density at radius 2 is 1.85 bits per heavy atom. The van der Waals surface area contributed by atoms with Crippen molar-refractivity contribution in [3.63, 3.8) is 0 Å². The first-order valence-electron chi connectivity index (χ1n) is 15.3. The van der Waals surface area contributed by atoms with Gasteiger partial charge in [0.2, 0.25) is 0 Å². The number of nitrogens with zero attached hydrogens (tertiary/aromatic N) is 1. The molecule has 0 radical (unpaired) electrons. The second-order valence-corrected chi connectivity index (χ2v) is 14.1. The summed E-state index contributed by atoms with van der Waals surface area (Å²) in [6.45, 7) is 1.82. The van der Waals surface area contributed by atoms with E-state index in [0.29, 0.717) is 37.4 Å². The lowest BCUT2D eigenvalue weighted by atomic mass is 9.49. The lowest BCUT2D eigenvalue weighted by Crippen LogP contribution is -2.77. The van der Waals surface area contributed by atoms with Crippen molar-refractivity contribution in [3.8, 4) is 11.5 Å². The predicted octanol–water partition coefficient (Wildman–Crippen LogP) is 5.47. The summed E-state index contributed by atoms with van der Waals surface area (Å²) in [7, 11) is -4.47. The van der Waals surface area contributed by atoms with Crippen LogP contribution in [0.3, 0.4) is 0 Å². The van der Waals surface area contributed by atoms with Crippen LogP contribution in [0.5, 0.6) is 11.5 Å². The molecule has 1 spiro atoms. The number of Topliss-reactive ketones (excluding diaryl/α,β-unsaturated/α-hetero) is 1. The molecule has 2 heterocycles. The van der Waals surface area contributed by atoms with E-state index in [-0.39, 0.29) is 30.6 Å². The van der Waals surface area contributed by atoms with Crippen molar-refractivity contribution < 1.29 is 33.1 Å². The molecule has 2 aliphatic heterocycles. The number of ketones is 1. The summed E-state index contributed by atoms with van der Waals surface area (Å²) in [5.41, 5.74) is 1.11. The molecule has 1 saturated heterocycles. The van der Waals surface area contributed by atoms with Gasteiger partial charge in [0.05, 0.1) is 12.0 Å². The van der Waals surface area contributed by atoms with E-state index >= 15 is 0 Å². The van der Waals surface area contributed by atoms with E-state index in [1.54, 1.807) is 6.07 Å². The summed E-state index contributed by atoms with van der Waals surface area (Å²) in [6.07, 6.45) is 7.95. The number of benzene rings is 2. The van der Waals surface area contributed by atoms with Gasteiger partial charge >= 0.3 is 7.82 Å². The molecule has 8 nitrogen and oxygen atoms in total. The van der Waals surface area contributed by atoms with Crippen molar-refractivity contribution in [2.45, 2.75) is 93.8 Å². The molecular weight excluding hydrogens is 541 g/mol. The molecule has 5 atom stereocenters. The molecule has 9 heteroatoms. The van der Waals surface area contributed by atoms with Crippen LogP contribution in [0.4, 0.5) is 0 Å². The zero-order valence-corrected chi connectivity index (χ0v) is 24.4. The van der Waals surface area contributed by atoms with Crippen LogP contribution in [0.2, 0.25) is 0 Å². The molecule has 3 aliphatic carbocycles. The second-order valence-electron chi connectivity index (χ2n) is 12.7. The Hall–Kier alpha value is -2.22. The van der Waals surface area contributed by atoms with Crippen LogP contribution < -0.4 is 4.74 Å². The quantitative estimate of drug-likeness (QED) is 0.251. The van der Waals surface area contributed by atoms with Crippen LogP contribution in [0.15, 0.2) is 42.5 Å². The number of carbonyl (C=O) groups is 1. The molecule has 2 saturated carbocycles. The summed E-state index contributed by atoms with van der Waals surface area (Å²) in [5, 5.41) is 10.7. The third-order valence-electron chi connectivity index (χ3n) is 10.3. The van der Waals surface area contributed by atoms with Gasteiger partial charge in [-0.05, 0) is 81.0 Å². The van der Waals surface area contributed by atoms with Crippen LogP contribution in [-0.4, -0.2) is 58.1 Å². The Bertz CT molecular complexity index is 1360. The van der Waals surface area contributed by atoms with Crippen LogP contribution >= 0.6 is 7.82 Å². The normalized spacial score (nSPS) is 31.4. The fourth-order valence-electron chi connectivity index (χ4n) is 8.26. The number of phosphoric acid groups is 1. The number of piperidine rings is 1. The molecule has 2 aromatic carbocycles. The summed E-state index contributed by atoms with van der Waals surface area (Å²) in [6, 6.07) is 13.8. The first kappa shape index (κ1) is 27.6. The zero-order valence-electron chi connectivity index (χ0n) is 23.5. The number of unbranched alkanes of at least 4 members (excludes halogenated alkanes) is 3. The minimum atomic E-state index is -4.47. The highest BCUT2D eigenvalue weighted by Gasteiger charge is 2.75. The molecule has 0 aromatic heterocycles. The first-order valence-corrected chi connectivity index (χ1v) is 16.8. The average molecular weight is 582 g/mol. The van der Waals surface area contributed by atoms with E-state index in [0.717, 1.165) is 49.9 Å². The summed E-state index contributed by atoms with van der Waals surface area (Å²) in [5.74, 6) is 0.946. The fourth-order valence-corrected chi connectivity index (χ4v) is 9.46. The molecule has 41 heavy (non-hydrogen) atoms. The lowest BCUT2D eigenvalue weighted by molar-refractivity contribution is -0.184. The number of phosphoric ester groups is 1.